The van der Waals surface area contributed by atoms with Crippen molar-refractivity contribution >= 4 is 0 Å². The molecule has 1 aliphatic heterocycles. The average Bonchev–Trinajstić information content (AvgIpc) is 3.07. The molecule has 0 unspecified atom stereocenters. The van der Waals surface area contributed by atoms with Crippen molar-refractivity contribution in [1.29, 1.82) is 0 Å². The number of nitrogens with one attached hydrogen (secondary N) is 2. The highest BCUT2D eigenvalue weighted by molar-refractivity contribution is 5.50. The van der Waals surface area contributed by atoms with Crippen LogP contribution in [0.1, 0.15) is 30.3 Å². The zero-order valence-corrected chi connectivity index (χ0v) is 10.2. The molecular formula is C12H16N6. The smallest absolute Gasteiger partial charge is 0.184 e. The van der Waals surface area contributed by atoms with Gasteiger partial charge in [-0.25, -0.2) is 0 Å². The predicted molar refractivity (Wildman–Crippen MR) is 66.2 cm³/mol. The van der Waals surface area contributed by atoms with E-state index in [9.17, 15) is 0 Å². The summed E-state index contributed by atoms with van der Waals surface area (Å²) in [4.78, 5) is 0. The molecule has 0 aromatic carbocycles. The van der Waals surface area contributed by atoms with E-state index in [0.29, 0.717) is 5.92 Å². The highest BCUT2D eigenvalue weighted by Crippen LogP contribution is 2.39. The molecular weight excluding hydrogens is 228 g/mol. The maximum atomic E-state index is 4.39. The zero-order valence-electron chi connectivity index (χ0n) is 10.2. The molecule has 94 valence electrons. The van der Waals surface area contributed by atoms with Gasteiger partial charge in [0, 0.05) is 37.7 Å². The van der Waals surface area contributed by atoms with Crippen LogP contribution < -0.4 is 5.32 Å². The van der Waals surface area contributed by atoms with Crippen molar-refractivity contribution in [3.05, 3.63) is 17.6 Å². The van der Waals surface area contributed by atoms with Crippen LogP contribution in [0.3, 0.4) is 0 Å². The van der Waals surface area contributed by atoms with Crippen molar-refractivity contribution in [3.63, 3.8) is 0 Å². The van der Waals surface area contributed by atoms with Crippen molar-refractivity contribution in [1.82, 2.24) is 30.3 Å². The Bertz CT molecular complexity index is 565. The lowest BCUT2D eigenvalue weighted by Gasteiger charge is -2.03. The van der Waals surface area contributed by atoms with E-state index in [4.69, 9.17) is 0 Å². The monoisotopic (exact) mass is 244 g/mol. The summed E-state index contributed by atoms with van der Waals surface area (Å²) in [6.07, 6.45) is 3.50. The van der Waals surface area contributed by atoms with Crippen molar-refractivity contribution in [3.8, 4) is 11.5 Å². The van der Waals surface area contributed by atoms with E-state index in [1.165, 1.54) is 18.5 Å². The number of fused-ring (bicyclic) bond motifs is 1. The molecule has 2 aromatic rings. The van der Waals surface area contributed by atoms with Crippen LogP contribution >= 0.6 is 0 Å². The summed E-state index contributed by atoms with van der Waals surface area (Å²) in [6.45, 7) is 2.87. The minimum atomic E-state index is 0.694. The first-order valence-corrected chi connectivity index (χ1v) is 6.60. The van der Waals surface area contributed by atoms with Gasteiger partial charge in [-0.2, -0.15) is 5.10 Å². The highest BCUT2D eigenvalue weighted by atomic mass is 15.3. The summed E-state index contributed by atoms with van der Waals surface area (Å²) >= 11 is 0. The van der Waals surface area contributed by atoms with Crippen molar-refractivity contribution in [2.75, 3.05) is 13.1 Å². The maximum Gasteiger partial charge on any atom is 0.184 e. The van der Waals surface area contributed by atoms with Crippen LogP contribution in [0.25, 0.3) is 11.5 Å². The Balaban J connectivity index is 1.72. The molecule has 2 aromatic heterocycles. The lowest BCUT2D eigenvalue weighted by atomic mass is 10.2. The molecule has 1 aliphatic carbocycles. The first-order chi connectivity index (χ1) is 8.92. The largest absolute Gasteiger partial charge is 0.315 e. The normalized spacial score (nSPS) is 19.6. The number of hydrogen-bond acceptors (Lipinski definition) is 4. The van der Waals surface area contributed by atoms with E-state index in [1.54, 1.807) is 0 Å². The molecule has 0 amide bonds. The minimum Gasteiger partial charge on any atom is -0.315 e. The number of hydrogen-bond donors (Lipinski definition) is 2. The average molecular weight is 244 g/mol. The number of H-pyrrole nitrogens is 1. The Labute approximate surface area is 105 Å². The predicted octanol–water partition coefficient (Wildman–Crippen LogP) is 0.691. The van der Waals surface area contributed by atoms with Crippen LogP contribution in [0.15, 0.2) is 6.07 Å². The highest BCUT2D eigenvalue weighted by Gasteiger charge is 2.26. The SMILES string of the molecule is c1c(-c2nnc3n2CCNCC3)n[nH]c1C1CC1. The second-order valence-electron chi connectivity index (χ2n) is 5.07. The summed E-state index contributed by atoms with van der Waals surface area (Å²) in [5.74, 6) is 2.65. The molecule has 3 heterocycles. The number of aromatic amines is 1. The molecule has 0 bridgehead atoms. The van der Waals surface area contributed by atoms with Crippen LogP contribution in [0.2, 0.25) is 0 Å². The van der Waals surface area contributed by atoms with Crippen LogP contribution in [0.5, 0.6) is 0 Å². The van der Waals surface area contributed by atoms with Gasteiger partial charge in [0.05, 0.1) is 0 Å². The zero-order chi connectivity index (χ0) is 11.9. The third-order valence-corrected chi connectivity index (χ3v) is 3.71. The molecule has 0 radical (unpaired) electrons. The van der Waals surface area contributed by atoms with E-state index < -0.39 is 0 Å². The quantitative estimate of drug-likeness (QED) is 0.815. The summed E-state index contributed by atoms with van der Waals surface area (Å²) in [6, 6.07) is 2.13. The third kappa shape index (κ3) is 1.64. The molecule has 2 aliphatic rings. The summed E-state index contributed by atoms with van der Waals surface area (Å²) in [5, 5.41) is 19.5. The first-order valence-electron chi connectivity index (χ1n) is 6.60. The topological polar surface area (TPSA) is 71.4 Å². The molecule has 18 heavy (non-hydrogen) atoms. The lowest BCUT2D eigenvalue weighted by molar-refractivity contribution is 0.646. The van der Waals surface area contributed by atoms with Crippen LogP contribution in [-0.4, -0.2) is 38.1 Å². The van der Waals surface area contributed by atoms with Crippen molar-refractivity contribution in [2.45, 2.75) is 31.7 Å². The fourth-order valence-corrected chi connectivity index (χ4v) is 2.52. The summed E-state index contributed by atoms with van der Waals surface area (Å²) in [5.41, 5.74) is 2.17. The number of rotatable bonds is 2. The van der Waals surface area contributed by atoms with Gasteiger partial charge in [-0.15, -0.1) is 10.2 Å². The molecule has 6 heteroatoms. The van der Waals surface area contributed by atoms with E-state index in [-0.39, 0.29) is 0 Å². The lowest BCUT2D eigenvalue weighted by Crippen LogP contribution is -2.17. The minimum absolute atomic E-state index is 0.694. The second kappa shape index (κ2) is 3.91. The van der Waals surface area contributed by atoms with Gasteiger partial charge in [0.1, 0.15) is 11.5 Å². The molecule has 2 N–H and O–H groups in total. The summed E-state index contributed by atoms with van der Waals surface area (Å²) < 4.78 is 2.19. The first kappa shape index (κ1) is 10.3. The van der Waals surface area contributed by atoms with Crippen molar-refractivity contribution < 1.29 is 0 Å². The van der Waals surface area contributed by atoms with Gasteiger partial charge in [-0.3, -0.25) is 5.10 Å². The van der Waals surface area contributed by atoms with Gasteiger partial charge < -0.3 is 9.88 Å². The van der Waals surface area contributed by atoms with E-state index >= 15 is 0 Å². The van der Waals surface area contributed by atoms with Gasteiger partial charge in [0.2, 0.25) is 0 Å². The standard InChI is InChI=1S/C12H16N6/c1-2-8(1)9-7-10(15-14-9)12-17-16-11-3-4-13-5-6-18(11)12/h7-8,13H,1-6H2,(H,14,15). The Morgan fingerprint density at radius 1 is 1.22 bits per heavy atom. The second-order valence-corrected chi connectivity index (χ2v) is 5.07. The van der Waals surface area contributed by atoms with E-state index in [2.05, 4.69) is 36.3 Å². The fraction of sp³-hybridized carbons (Fsp3) is 0.583. The van der Waals surface area contributed by atoms with E-state index in [1.807, 2.05) is 0 Å². The van der Waals surface area contributed by atoms with E-state index in [0.717, 1.165) is 43.4 Å². The van der Waals surface area contributed by atoms with Crippen LogP contribution in [0.4, 0.5) is 0 Å². The molecule has 0 spiro atoms. The number of aromatic nitrogens is 5. The van der Waals surface area contributed by atoms with Gasteiger partial charge >= 0.3 is 0 Å². The molecule has 0 saturated heterocycles. The Kier molecular flexibility index (Phi) is 2.23. The number of nitrogens with zero attached hydrogens (tertiary/aromatic N) is 4. The fourth-order valence-electron chi connectivity index (χ4n) is 2.52. The molecule has 6 nitrogen and oxygen atoms in total. The molecule has 4 rings (SSSR count). The van der Waals surface area contributed by atoms with Crippen LogP contribution in [-0.2, 0) is 13.0 Å². The Morgan fingerprint density at radius 3 is 3.06 bits per heavy atom. The third-order valence-electron chi connectivity index (χ3n) is 3.71. The molecule has 1 fully saturated rings. The van der Waals surface area contributed by atoms with Gasteiger partial charge in [-0.05, 0) is 18.9 Å². The van der Waals surface area contributed by atoms with Gasteiger partial charge in [0.15, 0.2) is 5.82 Å². The van der Waals surface area contributed by atoms with Gasteiger partial charge in [-0.1, -0.05) is 0 Å². The summed E-state index contributed by atoms with van der Waals surface area (Å²) in [7, 11) is 0. The van der Waals surface area contributed by atoms with Crippen molar-refractivity contribution in [2.24, 2.45) is 0 Å². The molecule has 0 atom stereocenters. The Morgan fingerprint density at radius 2 is 2.17 bits per heavy atom. The van der Waals surface area contributed by atoms with Crippen LogP contribution in [0, 0.1) is 0 Å². The Hall–Kier alpha value is -1.69. The molecule has 1 saturated carbocycles. The maximum absolute atomic E-state index is 4.39. The van der Waals surface area contributed by atoms with Gasteiger partial charge in [0.25, 0.3) is 0 Å².